The zero-order valence-electron chi connectivity index (χ0n) is 24.8. The highest BCUT2D eigenvalue weighted by atomic mass is 79.9. The number of hydrogen-bond donors (Lipinski definition) is 0. The van der Waals surface area contributed by atoms with Crippen LogP contribution in [0.3, 0.4) is 0 Å². The van der Waals surface area contributed by atoms with Gasteiger partial charge in [0.1, 0.15) is 12.4 Å². The summed E-state index contributed by atoms with van der Waals surface area (Å²) in [6.07, 6.45) is 1.55. The number of methoxy groups -OCH3 is 2. The lowest BCUT2D eigenvalue weighted by molar-refractivity contribution is 0.283. The van der Waals surface area contributed by atoms with Crippen molar-refractivity contribution in [2.45, 2.75) is 33.3 Å². The van der Waals surface area contributed by atoms with Gasteiger partial charge < -0.3 is 14.2 Å². The van der Waals surface area contributed by atoms with Crippen LogP contribution in [0, 0.1) is 6.92 Å². The van der Waals surface area contributed by atoms with Gasteiger partial charge in [-0.1, -0.05) is 75.5 Å². The second kappa shape index (κ2) is 13.5. The van der Waals surface area contributed by atoms with Gasteiger partial charge in [-0.3, -0.25) is 4.79 Å². The van der Waals surface area contributed by atoms with E-state index in [9.17, 15) is 4.79 Å². The second-order valence-corrected chi connectivity index (χ2v) is 12.6. The Hall–Kier alpha value is -3.66. The number of aromatic nitrogens is 2. The van der Waals surface area contributed by atoms with Crippen molar-refractivity contribution in [2.24, 2.45) is 5.10 Å². The predicted octanol–water partition coefficient (Wildman–Crippen LogP) is 9.15. The Bertz CT molecular complexity index is 1960. The summed E-state index contributed by atoms with van der Waals surface area (Å²) < 4.78 is 20.7. The minimum atomic E-state index is -0.307. The third-order valence-corrected chi connectivity index (χ3v) is 8.61. The predicted molar refractivity (Wildman–Crippen MR) is 184 cm³/mol. The van der Waals surface area contributed by atoms with Crippen molar-refractivity contribution >= 4 is 60.6 Å². The summed E-state index contributed by atoms with van der Waals surface area (Å²) in [7, 11) is 3.20. The number of nitrogens with zero attached hydrogens (tertiary/aromatic N) is 3. The van der Waals surface area contributed by atoms with Crippen molar-refractivity contribution in [1.82, 2.24) is 9.66 Å². The van der Waals surface area contributed by atoms with Gasteiger partial charge in [0.2, 0.25) is 0 Å². The van der Waals surface area contributed by atoms with Gasteiger partial charge in [0.05, 0.1) is 31.3 Å². The highest BCUT2D eigenvalue weighted by Gasteiger charge is 2.19. The Morgan fingerprint density at radius 3 is 2.45 bits per heavy atom. The van der Waals surface area contributed by atoms with Crippen LogP contribution in [0.5, 0.6) is 17.2 Å². The largest absolute Gasteiger partial charge is 0.496 e. The topological polar surface area (TPSA) is 74.9 Å². The van der Waals surface area contributed by atoms with E-state index in [2.05, 4.69) is 45.7 Å². The highest BCUT2D eigenvalue weighted by Crippen LogP contribution is 2.36. The molecule has 4 aromatic carbocycles. The number of ether oxygens (including phenoxy) is 3. The molecule has 0 N–H and O–H groups in total. The van der Waals surface area contributed by atoms with E-state index in [1.165, 1.54) is 4.68 Å². The van der Waals surface area contributed by atoms with Gasteiger partial charge in [-0.2, -0.15) is 9.78 Å². The molecule has 0 radical (unpaired) electrons. The van der Waals surface area contributed by atoms with E-state index in [1.807, 2.05) is 55.5 Å². The lowest BCUT2D eigenvalue weighted by Gasteiger charge is -2.18. The quantitative estimate of drug-likeness (QED) is 0.141. The number of aryl methyl sites for hydroxylation is 1. The summed E-state index contributed by atoms with van der Waals surface area (Å²) in [5.41, 5.74) is 4.40. The average molecular weight is 740 g/mol. The number of fused-ring (bicyclic) bond motifs is 1. The maximum atomic E-state index is 13.9. The molecule has 10 heteroatoms. The average Bonchev–Trinajstić information content (AvgIpc) is 3.00. The van der Waals surface area contributed by atoms with E-state index in [0.717, 1.165) is 36.9 Å². The summed E-state index contributed by atoms with van der Waals surface area (Å²) >= 11 is 13.5. The normalized spacial score (nSPS) is 11.5. The molecule has 0 bridgehead atoms. The molecule has 1 heterocycles. The molecule has 0 atom stereocenters. The van der Waals surface area contributed by atoms with Gasteiger partial charge in [-0.25, -0.2) is 4.98 Å². The maximum Gasteiger partial charge on any atom is 0.282 e. The number of rotatable bonds is 9. The molecule has 5 aromatic rings. The first-order valence-corrected chi connectivity index (χ1v) is 15.8. The van der Waals surface area contributed by atoms with Crippen LogP contribution >= 0.6 is 43.5 Å². The van der Waals surface area contributed by atoms with Crippen LogP contribution in [-0.2, 0) is 6.61 Å². The lowest BCUT2D eigenvalue weighted by Crippen LogP contribution is -2.21. The van der Waals surface area contributed by atoms with Crippen molar-refractivity contribution in [3.63, 3.8) is 0 Å². The molecule has 1 aromatic heterocycles. The van der Waals surface area contributed by atoms with Crippen LogP contribution in [0.2, 0.25) is 5.02 Å². The van der Waals surface area contributed by atoms with Crippen LogP contribution in [0.1, 0.15) is 42.0 Å². The van der Waals surface area contributed by atoms with Crippen LogP contribution in [-0.4, -0.2) is 30.1 Å². The second-order valence-electron chi connectivity index (χ2n) is 10.4. The number of para-hydroxylation sites is 1. The molecular weight excluding hydrogens is 710 g/mol. The maximum absolute atomic E-state index is 13.9. The van der Waals surface area contributed by atoms with Gasteiger partial charge in [-0.05, 0) is 66.4 Å². The summed E-state index contributed by atoms with van der Waals surface area (Å²) in [5.74, 6) is 2.23. The van der Waals surface area contributed by atoms with Crippen molar-refractivity contribution in [1.29, 1.82) is 0 Å². The first-order chi connectivity index (χ1) is 21.1. The molecular formula is C34H30Br2ClN3O4. The standard InChI is InChI=1S/C34H30Br2ClN3O4/c1-19(2)26-16-27(20(3)12-30(26)42-4)33-39-29-9-7-6-8-25(29)34(41)40(33)38-17-22-13-24(37)15-31(43-5)32(22)44-18-21-10-11-23(35)14-28(21)36/h6-17,19H,18H2,1-5H3. The zero-order valence-corrected chi connectivity index (χ0v) is 28.7. The minimum Gasteiger partial charge on any atom is -0.496 e. The molecule has 0 aliphatic heterocycles. The fourth-order valence-electron chi connectivity index (χ4n) is 4.87. The van der Waals surface area contributed by atoms with E-state index in [-0.39, 0.29) is 18.1 Å². The molecule has 0 amide bonds. The van der Waals surface area contributed by atoms with Crippen LogP contribution in [0.25, 0.3) is 22.3 Å². The Kier molecular flexibility index (Phi) is 9.78. The smallest absolute Gasteiger partial charge is 0.282 e. The van der Waals surface area contributed by atoms with Gasteiger partial charge in [0, 0.05) is 36.7 Å². The lowest BCUT2D eigenvalue weighted by atomic mass is 9.96. The Labute approximate surface area is 277 Å². The van der Waals surface area contributed by atoms with Crippen molar-refractivity contribution in [2.75, 3.05) is 14.2 Å². The monoisotopic (exact) mass is 737 g/mol. The Balaban J connectivity index is 1.67. The number of halogens is 3. The third-order valence-electron chi connectivity index (χ3n) is 7.16. The van der Waals surface area contributed by atoms with Crippen LogP contribution < -0.4 is 19.8 Å². The molecule has 44 heavy (non-hydrogen) atoms. The Morgan fingerprint density at radius 2 is 1.75 bits per heavy atom. The number of benzene rings is 4. The van der Waals surface area contributed by atoms with Crippen molar-refractivity contribution < 1.29 is 14.2 Å². The minimum absolute atomic E-state index is 0.179. The van der Waals surface area contributed by atoms with E-state index in [0.29, 0.717) is 38.8 Å². The molecule has 0 fully saturated rings. The van der Waals surface area contributed by atoms with Gasteiger partial charge in [0.25, 0.3) is 5.56 Å². The fourth-order valence-corrected chi connectivity index (χ4v) is 6.25. The third kappa shape index (κ3) is 6.55. The van der Waals surface area contributed by atoms with Crippen LogP contribution in [0.15, 0.2) is 85.6 Å². The highest BCUT2D eigenvalue weighted by molar-refractivity contribution is 9.11. The molecule has 226 valence electrons. The fraction of sp³-hybridized carbons (Fsp3) is 0.206. The van der Waals surface area contributed by atoms with Gasteiger partial charge in [0.15, 0.2) is 17.3 Å². The van der Waals surface area contributed by atoms with Crippen LogP contribution in [0.4, 0.5) is 0 Å². The zero-order chi connectivity index (χ0) is 31.5. The first-order valence-electron chi connectivity index (χ1n) is 13.8. The molecule has 0 unspecified atom stereocenters. The van der Waals surface area contributed by atoms with E-state index in [1.54, 1.807) is 38.6 Å². The SMILES string of the molecule is COc1cc(C)c(-c2nc3ccccc3c(=O)n2N=Cc2cc(Cl)cc(OC)c2OCc2ccc(Br)cc2Br)cc1C(C)C. The summed E-state index contributed by atoms with van der Waals surface area (Å²) in [6, 6.07) is 20.5. The van der Waals surface area contributed by atoms with Gasteiger partial charge >= 0.3 is 0 Å². The van der Waals surface area contributed by atoms with E-state index >= 15 is 0 Å². The molecule has 0 saturated carbocycles. The number of hydrogen-bond acceptors (Lipinski definition) is 6. The molecule has 5 rings (SSSR count). The van der Waals surface area contributed by atoms with E-state index in [4.69, 9.17) is 35.9 Å². The van der Waals surface area contributed by atoms with Gasteiger partial charge in [-0.15, -0.1) is 0 Å². The van der Waals surface area contributed by atoms with Crippen molar-refractivity contribution in [3.8, 4) is 28.6 Å². The molecule has 0 spiro atoms. The molecule has 0 aliphatic carbocycles. The Morgan fingerprint density at radius 1 is 1.00 bits per heavy atom. The first kappa shape index (κ1) is 31.8. The molecule has 0 saturated heterocycles. The molecule has 7 nitrogen and oxygen atoms in total. The van der Waals surface area contributed by atoms with Crippen molar-refractivity contribution in [3.05, 3.63) is 113 Å². The summed E-state index contributed by atoms with van der Waals surface area (Å²) in [5, 5.41) is 5.57. The summed E-state index contributed by atoms with van der Waals surface area (Å²) in [4.78, 5) is 18.9. The molecule has 0 aliphatic rings. The summed E-state index contributed by atoms with van der Waals surface area (Å²) in [6.45, 7) is 6.40. The van der Waals surface area contributed by atoms with E-state index < -0.39 is 0 Å².